The first-order chi connectivity index (χ1) is 10.0. The first-order valence-electron chi connectivity index (χ1n) is 8.47. The van der Waals surface area contributed by atoms with Crippen LogP contribution < -0.4 is 0 Å². The van der Waals surface area contributed by atoms with Gasteiger partial charge in [0.05, 0.1) is 6.54 Å². The van der Waals surface area contributed by atoms with Crippen LogP contribution in [0.3, 0.4) is 0 Å². The Morgan fingerprint density at radius 3 is 2.10 bits per heavy atom. The van der Waals surface area contributed by atoms with E-state index in [9.17, 15) is 4.79 Å². The summed E-state index contributed by atoms with van der Waals surface area (Å²) in [6.45, 7) is 14.2. The lowest BCUT2D eigenvalue weighted by Crippen LogP contribution is -2.32. The van der Waals surface area contributed by atoms with Gasteiger partial charge in [-0.25, -0.2) is 0 Å². The highest BCUT2D eigenvalue weighted by atomic mass is 16.1. The molecule has 1 rings (SSSR count). The molecule has 0 atom stereocenters. The van der Waals surface area contributed by atoms with Gasteiger partial charge in [0.2, 0.25) is 0 Å². The number of hydrogen-bond acceptors (Lipinski definition) is 2. The first-order valence-corrected chi connectivity index (χ1v) is 8.47. The summed E-state index contributed by atoms with van der Waals surface area (Å²) >= 11 is 0. The van der Waals surface area contributed by atoms with Gasteiger partial charge in [0, 0.05) is 23.5 Å². The average Bonchev–Trinajstić information content (AvgIpc) is 2.76. The summed E-state index contributed by atoms with van der Waals surface area (Å²) in [5.41, 5.74) is 3.21. The van der Waals surface area contributed by atoms with E-state index in [-0.39, 0.29) is 5.78 Å². The molecule has 1 heterocycles. The molecule has 0 saturated heterocycles. The molecule has 0 fully saturated rings. The van der Waals surface area contributed by atoms with E-state index in [2.05, 4.69) is 50.2 Å². The van der Waals surface area contributed by atoms with E-state index in [4.69, 9.17) is 0 Å². The summed E-state index contributed by atoms with van der Waals surface area (Å²) in [5.74, 6) is 0.273. The smallest absolute Gasteiger partial charge is 0.178 e. The third-order valence-electron chi connectivity index (χ3n) is 4.21. The van der Waals surface area contributed by atoms with Crippen molar-refractivity contribution in [1.29, 1.82) is 0 Å². The molecule has 0 N–H and O–H groups in total. The van der Waals surface area contributed by atoms with Crippen LogP contribution >= 0.6 is 0 Å². The minimum atomic E-state index is 0.273. The molecule has 1 aromatic rings. The number of rotatable bonds is 10. The van der Waals surface area contributed by atoms with Gasteiger partial charge >= 0.3 is 0 Å². The Hall–Kier alpha value is -1.09. The van der Waals surface area contributed by atoms with Gasteiger partial charge in [-0.3, -0.25) is 9.69 Å². The van der Waals surface area contributed by atoms with Crippen LogP contribution in [0.15, 0.2) is 6.07 Å². The SMILES string of the molecule is CCCCN(CCCC)CC(=O)c1cc(C)n(CC)c1C. The van der Waals surface area contributed by atoms with Crippen molar-refractivity contribution in [3.05, 3.63) is 23.0 Å². The quantitative estimate of drug-likeness (QED) is 0.604. The van der Waals surface area contributed by atoms with Crippen molar-refractivity contribution in [2.45, 2.75) is 66.8 Å². The van der Waals surface area contributed by atoms with Gasteiger partial charge in [-0.2, -0.15) is 0 Å². The Bertz CT molecular complexity index is 440. The topological polar surface area (TPSA) is 25.2 Å². The van der Waals surface area contributed by atoms with Gasteiger partial charge in [-0.15, -0.1) is 0 Å². The number of Topliss-reactive ketones (excluding diaryl/α,β-unsaturated/α-hetero) is 1. The van der Waals surface area contributed by atoms with E-state index < -0.39 is 0 Å². The molecule has 0 unspecified atom stereocenters. The summed E-state index contributed by atoms with van der Waals surface area (Å²) in [6.07, 6.45) is 4.71. The minimum absolute atomic E-state index is 0.273. The number of ketones is 1. The maximum absolute atomic E-state index is 12.6. The highest BCUT2D eigenvalue weighted by Gasteiger charge is 2.17. The minimum Gasteiger partial charge on any atom is -0.349 e. The zero-order valence-electron chi connectivity index (χ0n) is 14.5. The second-order valence-electron chi connectivity index (χ2n) is 5.94. The van der Waals surface area contributed by atoms with Crippen LogP contribution in [0.4, 0.5) is 0 Å². The lowest BCUT2D eigenvalue weighted by Gasteiger charge is -2.21. The molecule has 120 valence electrons. The predicted molar refractivity (Wildman–Crippen MR) is 90.2 cm³/mol. The number of aryl methyl sites for hydroxylation is 1. The maximum atomic E-state index is 12.6. The van der Waals surface area contributed by atoms with E-state index in [0.29, 0.717) is 6.54 Å². The average molecular weight is 292 g/mol. The third-order valence-corrected chi connectivity index (χ3v) is 4.21. The Kier molecular flexibility index (Phi) is 7.73. The van der Waals surface area contributed by atoms with Crippen LogP contribution in [0.5, 0.6) is 0 Å². The second kappa shape index (κ2) is 9.04. The maximum Gasteiger partial charge on any atom is 0.178 e. The van der Waals surface area contributed by atoms with Gasteiger partial charge in [0.25, 0.3) is 0 Å². The molecule has 0 aromatic carbocycles. The summed E-state index contributed by atoms with van der Waals surface area (Å²) in [4.78, 5) is 15.0. The molecule has 0 radical (unpaired) electrons. The zero-order valence-corrected chi connectivity index (χ0v) is 14.5. The first kappa shape index (κ1) is 18.0. The fourth-order valence-electron chi connectivity index (χ4n) is 2.89. The van der Waals surface area contributed by atoms with Gasteiger partial charge in [-0.05, 0) is 52.8 Å². The Labute approximate surface area is 130 Å². The van der Waals surface area contributed by atoms with Crippen LogP contribution in [-0.2, 0) is 6.54 Å². The summed E-state index contributed by atoms with van der Waals surface area (Å²) in [6, 6.07) is 2.05. The van der Waals surface area contributed by atoms with Crippen molar-refractivity contribution >= 4 is 5.78 Å². The van der Waals surface area contributed by atoms with Crippen LogP contribution in [0, 0.1) is 13.8 Å². The molecule has 1 aromatic heterocycles. The van der Waals surface area contributed by atoms with Gasteiger partial charge in [0.15, 0.2) is 5.78 Å². The normalized spacial score (nSPS) is 11.3. The number of nitrogens with zero attached hydrogens (tertiary/aromatic N) is 2. The molecule has 3 nitrogen and oxygen atoms in total. The molecule has 0 spiro atoms. The highest BCUT2D eigenvalue weighted by Crippen LogP contribution is 2.16. The third kappa shape index (κ3) is 4.99. The lowest BCUT2D eigenvalue weighted by atomic mass is 10.1. The largest absolute Gasteiger partial charge is 0.349 e. The molecule has 21 heavy (non-hydrogen) atoms. The van der Waals surface area contributed by atoms with Gasteiger partial charge in [-0.1, -0.05) is 26.7 Å². The predicted octanol–water partition coefficient (Wildman–Crippen LogP) is 4.21. The van der Waals surface area contributed by atoms with E-state index in [1.54, 1.807) is 0 Å². The zero-order chi connectivity index (χ0) is 15.8. The molecule has 3 heteroatoms. The van der Waals surface area contributed by atoms with E-state index in [0.717, 1.165) is 30.9 Å². The molecule has 0 saturated carbocycles. The molecule has 0 aliphatic heterocycles. The van der Waals surface area contributed by atoms with Crippen molar-refractivity contribution in [2.75, 3.05) is 19.6 Å². The fourth-order valence-corrected chi connectivity index (χ4v) is 2.89. The number of unbranched alkanes of at least 4 members (excludes halogenated alkanes) is 2. The fraction of sp³-hybridized carbons (Fsp3) is 0.722. The molecule has 0 aliphatic carbocycles. The number of carbonyl (C=O) groups excluding carboxylic acids is 1. The van der Waals surface area contributed by atoms with Crippen molar-refractivity contribution in [1.82, 2.24) is 9.47 Å². The monoisotopic (exact) mass is 292 g/mol. The van der Waals surface area contributed by atoms with Crippen LogP contribution in [0.25, 0.3) is 0 Å². The van der Waals surface area contributed by atoms with Gasteiger partial charge in [0.1, 0.15) is 0 Å². The molecule has 0 bridgehead atoms. The standard InChI is InChI=1S/C18H32N2O/c1-6-9-11-19(12-10-7-2)14-18(21)17-13-15(4)20(8-3)16(17)5/h13H,6-12,14H2,1-5H3. The van der Waals surface area contributed by atoms with Crippen LogP contribution in [0.1, 0.15) is 68.2 Å². The van der Waals surface area contributed by atoms with Crippen LogP contribution in [-0.4, -0.2) is 34.9 Å². The highest BCUT2D eigenvalue weighted by molar-refractivity contribution is 5.99. The Morgan fingerprint density at radius 1 is 1.10 bits per heavy atom. The van der Waals surface area contributed by atoms with Crippen molar-refractivity contribution in [2.24, 2.45) is 0 Å². The lowest BCUT2D eigenvalue weighted by molar-refractivity contribution is 0.0927. The van der Waals surface area contributed by atoms with Crippen LogP contribution in [0.2, 0.25) is 0 Å². The second-order valence-corrected chi connectivity index (χ2v) is 5.94. The van der Waals surface area contributed by atoms with E-state index in [1.165, 1.54) is 31.4 Å². The molecular weight excluding hydrogens is 260 g/mol. The number of hydrogen-bond donors (Lipinski definition) is 0. The summed E-state index contributed by atoms with van der Waals surface area (Å²) in [5, 5.41) is 0. The summed E-state index contributed by atoms with van der Waals surface area (Å²) in [7, 11) is 0. The van der Waals surface area contributed by atoms with Gasteiger partial charge < -0.3 is 4.57 Å². The van der Waals surface area contributed by atoms with Crippen molar-refractivity contribution < 1.29 is 4.79 Å². The van der Waals surface area contributed by atoms with E-state index >= 15 is 0 Å². The Morgan fingerprint density at radius 2 is 1.67 bits per heavy atom. The van der Waals surface area contributed by atoms with Crippen molar-refractivity contribution in [3.8, 4) is 0 Å². The molecule has 0 amide bonds. The van der Waals surface area contributed by atoms with Crippen molar-refractivity contribution in [3.63, 3.8) is 0 Å². The molecule has 0 aliphatic rings. The Balaban J connectivity index is 2.76. The van der Waals surface area contributed by atoms with E-state index in [1.807, 2.05) is 0 Å². The molecular formula is C18H32N2O. The number of carbonyl (C=O) groups is 1. The summed E-state index contributed by atoms with van der Waals surface area (Å²) < 4.78 is 2.22. The number of aromatic nitrogens is 1.